The smallest absolute Gasteiger partial charge is 0.332 e. The molecule has 0 aromatic carbocycles. The molecule has 2 aromatic heterocycles. The van der Waals surface area contributed by atoms with Crippen LogP contribution in [0.1, 0.15) is 54.3 Å². The third-order valence-corrected chi connectivity index (χ3v) is 5.75. The maximum atomic E-state index is 13.0. The van der Waals surface area contributed by atoms with Crippen molar-refractivity contribution in [3.8, 4) is 0 Å². The minimum absolute atomic E-state index is 0.0121. The Morgan fingerprint density at radius 2 is 1.55 bits per heavy atom. The molecule has 0 aliphatic heterocycles. The Bertz CT molecular complexity index is 1070. The molecule has 0 unspecified atom stereocenters. The predicted molar refractivity (Wildman–Crippen MR) is 126 cm³/mol. The molecule has 2 rings (SSSR count). The Labute approximate surface area is 188 Å². The number of rotatable bonds is 7. The first kappa shape index (κ1) is 25.1. The molecule has 2 heterocycles. The molecular weight excluding hydrogens is 414 g/mol. The Morgan fingerprint density at radius 1 is 1.00 bits per heavy atom. The van der Waals surface area contributed by atoms with Gasteiger partial charge >= 0.3 is 5.69 Å². The standard InChI is InChI=1S/C22H35N5O3S/c1-13(2)10-27(11-14(3)4)15(28)12-31-18-16-17(23-20(24-18)22(5,6)7)25(8)21(30)26(9)19(16)29/h13-14H,10-12H2,1-9H3. The number of fused-ring (bicyclic) bond motifs is 1. The van der Waals surface area contributed by atoms with Crippen LogP contribution in [0.15, 0.2) is 14.6 Å². The average molecular weight is 450 g/mol. The van der Waals surface area contributed by atoms with E-state index in [2.05, 4.69) is 37.7 Å². The highest BCUT2D eigenvalue weighted by Crippen LogP contribution is 2.27. The Morgan fingerprint density at radius 3 is 2.03 bits per heavy atom. The van der Waals surface area contributed by atoms with Gasteiger partial charge in [0.2, 0.25) is 5.91 Å². The van der Waals surface area contributed by atoms with Gasteiger partial charge in [0.1, 0.15) is 16.2 Å². The van der Waals surface area contributed by atoms with Crippen LogP contribution in [0.2, 0.25) is 0 Å². The lowest BCUT2D eigenvalue weighted by Gasteiger charge is -2.26. The highest BCUT2D eigenvalue weighted by molar-refractivity contribution is 8.00. The number of carbonyl (C=O) groups excluding carboxylic acids is 1. The summed E-state index contributed by atoms with van der Waals surface area (Å²) in [5.41, 5.74) is -0.978. The molecule has 8 nitrogen and oxygen atoms in total. The largest absolute Gasteiger partial charge is 0.341 e. The van der Waals surface area contributed by atoms with Crippen LogP contribution in [0.5, 0.6) is 0 Å². The van der Waals surface area contributed by atoms with Crippen LogP contribution in [0.25, 0.3) is 11.0 Å². The number of amides is 1. The van der Waals surface area contributed by atoms with Gasteiger partial charge in [0.25, 0.3) is 5.56 Å². The number of carbonyl (C=O) groups is 1. The van der Waals surface area contributed by atoms with Gasteiger partial charge in [0.05, 0.1) is 5.75 Å². The topological polar surface area (TPSA) is 90.1 Å². The zero-order chi connectivity index (χ0) is 23.7. The number of thioether (sulfide) groups is 1. The van der Waals surface area contributed by atoms with Crippen LogP contribution in [-0.2, 0) is 24.3 Å². The molecule has 0 N–H and O–H groups in total. The molecular formula is C22H35N5O3S. The fourth-order valence-corrected chi connectivity index (χ4v) is 4.17. The zero-order valence-electron chi connectivity index (χ0n) is 20.1. The maximum absolute atomic E-state index is 13.0. The first-order chi connectivity index (χ1) is 14.2. The van der Waals surface area contributed by atoms with Crippen molar-refractivity contribution in [3.05, 3.63) is 26.7 Å². The first-order valence-corrected chi connectivity index (χ1v) is 11.6. The number of aromatic nitrogens is 4. The molecule has 0 radical (unpaired) electrons. The molecule has 0 aliphatic carbocycles. The molecule has 0 saturated heterocycles. The molecule has 0 bridgehead atoms. The summed E-state index contributed by atoms with van der Waals surface area (Å²) in [5.74, 6) is 1.43. The minimum atomic E-state index is -0.449. The fourth-order valence-electron chi connectivity index (χ4n) is 3.25. The van der Waals surface area contributed by atoms with Crippen molar-refractivity contribution in [2.75, 3.05) is 18.8 Å². The van der Waals surface area contributed by atoms with E-state index >= 15 is 0 Å². The maximum Gasteiger partial charge on any atom is 0.332 e. The predicted octanol–water partition coefficient (Wildman–Crippen LogP) is 2.56. The van der Waals surface area contributed by atoms with Gasteiger partial charge in [-0.05, 0) is 11.8 Å². The number of hydrogen-bond donors (Lipinski definition) is 0. The lowest BCUT2D eigenvalue weighted by atomic mass is 9.96. The van der Waals surface area contributed by atoms with Gasteiger partial charge in [-0.25, -0.2) is 14.8 Å². The van der Waals surface area contributed by atoms with Crippen LogP contribution in [0, 0.1) is 11.8 Å². The van der Waals surface area contributed by atoms with E-state index in [1.54, 1.807) is 7.05 Å². The molecule has 9 heteroatoms. The van der Waals surface area contributed by atoms with Gasteiger partial charge in [-0.1, -0.05) is 60.2 Å². The normalized spacial score (nSPS) is 12.2. The lowest BCUT2D eigenvalue weighted by molar-refractivity contribution is -0.129. The van der Waals surface area contributed by atoms with Gasteiger partial charge in [-0.15, -0.1) is 0 Å². The Balaban J connectivity index is 2.54. The summed E-state index contributed by atoms with van der Waals surface area (Å²) < 4.78 is 2.42. The summed E-state index contributed by atoms with van der Waals surface area (Å²) in [5, 5.41) is 0.711. The summed E-state index contributed by atoms with van der Waals surface area (Å²) >= 11 is 1.24. The van der Waals surface area contributed by atoms with Crippen molar-refractivity contribution in [1.82, 2.24) is 24.0 Å². The van der Waals surface area contributed by atoms with Crippen molar-refractivity contribution in [1.29, 1.82) is 0 Å². The van der Waals surface area contributed by atoms with E-state index in [0.717, 1.165) is 4.57 Å². The number of hydrogen-bond acceptors (Lipinski definition) is 6. The average Bonchev–Trinajstić information content (AvgIpc) is 2.66. The SMILES string of the molecule is CC(C)CN(CC(C)C)C(=O)CSc1nc(C(C)(C)C)nc2c1c(=O)n(C)c(=O)n2C. The highest BCUT2D eigenvalue weighted by Gasteiger charge is 2.25. The second-order valence-corrected chi connectivity index (χ2v) is 10.8. The van der Waals surface area contributed by atoms with E-state index < -0.39 is 11.2 Å². The van der Waals surface area contributed by atoms with Crippen LogP contribution in [0.4, 0.5) is 0 Å². The van der Waals surface area contributed by atoms with E-state index in [0.29, 0.717) is 41.4 Å². The summed E-state index contributed by atoms with van der Waals surface area (Å²) in [6, 6.07) is 0. The second-order valence-electron chi connectivity index (χ2n) is 9.88. The van der Waals surface area contributed by atoms with E-state index in [4.69, 9.17) is 0 Å². The van der Waals surface area contributed by atoms with Gasteiger partial charge in [-0.3, -0.25) is 18.7 Å². The molecule has 0 atom stereocenters. The van der Waals surface area contributed by atoms with Crippen LogP contribution >= 0.6 is 11.8 Å². The molecule has 0 saturated carbocycles. The molecule has 172 valence electrons. The first-order valence-electron chi connectivity index (χ1n) is 10.6. The quantitative estimate of drug-likeness (QED) is 0.477. The van der Waals surface area contributed by atoms with Gasteiger partial charge in [0.15, 0.2) is 5.65 Å². The zero-order valence-corrected chi connectivity index (χ0v) is 21.0. The van der Waals surface area contributed by atoms with E-state index in [-0.39, 0.29) is 22.5 Å². The molecule has 1 amide bonds. The van der Waals surface area contributed by atoms with Crippen LogP contribution in [0.3, 0.4) is 0 Å². The lowest BCUT2D eigenvalue weighted by Crippen LogP contribution is -2.39. The molecule has 0 spiro atoms. The van der Waals surface area contributed by atoms with E-state index in [9.17, 15) is 14.4 Å². The van der Waals surface area contributed by atoms with E-state index in [1.807, 2.05) is 25.7 Å². The highest BCUT2D eigenvalue weighted by atomic mass is 32.2. The van der Waals surface area contributed by atoms with Crippen molar-refractivity contribution in [3.63, 3.8) is 0 Å². The molecule has 31 heavy (non-hydrogen) atoms. The van der Waals surface area contributed by atoms with Crippen LogP contribution < -0.4 is 11.2 Å². The van der Waals surface area contributed by atoms with Gasteiger partial charge < -0.3 is 4.90 Å². The summed E-state index contributed by atoms with van der Waals surface area (Å²) in [6.45, 7) is 15.6. The number of aryl methyl sites for hydroxylation is 1. The fraction of sp³-hybridized carbons (Fsp3) is 0.682. The van der Waals surface area contributed by atoms with Gasteiger partial charge in [-0.2, -0.15) is 0 Å². The third-order valence-electron chi connectivity index (χ3n) is 4.79. The van der Waals surface area contributed by atoms with Crippen molar-refractivity contribution in [2.24, 2.45) is 25.9 Å². The van der Waals surface area contributed by atoms with Crippen LogP contribution in [-0.4, -0.2) is 48.8 Å². The Kier molecular flexibility index (Phi) is 7.73. The summed E-state index contributed by atoms with van der Waals surface area (Å²) in [6.07, 6.45) is 0. The van der Waals surface area contributed by atoms with Gasteiger partial charge in [0, 0.05) is 32.6 Å². The Hall–Kier alpha value is -2.16. The molecule has 0 fully saturated rings. The van der Waals surface area contributed by atoms with Crippen molar-refractivity contribution < 1.29 is 4.79 Å². The minimum Gasteiger partial charge on any atom is -0.341 e. The summed E-state index contributed by atoms with van der Waals surface area (Å²) in [7, 11) is 3.03. The molecule has 2 aromatic rings. The number of nitrogens with zero attached hydrogens (tertiary/aromatic N) is 5. The van der Waals surface area contributed by atoms with Crippen molar-refractivity contribution in [2.45, 2.75) is 58.9 Å². The molecule has 0 aliphatic rings. The third kappa shape index (κ3) is 5.75. The summed E-state index contributed by atoms with van der Waals surface area (Å²) in [4.78, 5) is 49.4. The van der Waals surface area contributed by atoms with Crippen molar-refractivity contribution >= 4 is 28.7 Å². The monoisotopic (exact) mass is 449 g/mol. The van der Waals surface area contributed by atoms with E-state index in [1.165, 1.54) is 23.4 Å². The second kappa shape index (κ2) is 9.54.